The molecule has 2 rings (SSSR count). The van der Waals surface area contributed by atoms with Crippen molar-refractivity contribution in [1.29, 1.82) is 0 Å². The molecule has 0 aromatic heterocycles. The Balaban J connectivity index is 1.85. The quantitative estimate of drug-likeness (QED) is 0.860. The largest absolute Gasteiger partial charge is 0.352 e. The van der Waals surface area contributed by atoms with Gasteiger partial charge < -0.3 is 10.6 Å². The Morgan fingerprint density at radius 1 is 1.44 bits per heavy atom. The van der Waals surface area contributed by atoms with E-state index in [0.29, 0.717) is 12.6 Å². The highest BCUT2D eigenvalue weighted by Crippen LogP contribution is 2.11. The Kier molecular flexibility index (Phi) is 4.25. The van der Waals surface area contributed by atoms with Crippen molar-refractivity contribution >= 4 is 5.91 Å². The third-order valence-electron chi connectivity index (χ3n) is 3.14. The van der Waals surface area contributed by atoms with Crippen LogP contribution in [0.1, 0.15) is 29.6 Å². The Morgan fingerprint density at radius 3 is 3.00 bits per heavy atom. The maximum atomic E-state index is 13.3. The molecule has 1 aromatic carbocycles. The number of amides is 1. The third-order valence-corrected chi connectivity index (χ3v) is 3.14. The first kappa shape index (κ1) is 13.0. The number of nitrogens with one attached hydrogen (secondary N) is 2. The fourth-order valence-electron chi connectivity index (χ4n) is 2.14. The highest BCUT2D eigenvalue weighted by Gasteiger charge is 2.16. The number of carbonyl (C=O) groups is 1. The van der Waals surface area contributed by atoms with Gasteiger partial charge >= 0.3 is 0 Å². The first-order valence-electron chi connectivity index (χ1n) is 6.14. The number of hydrogen-bond acceptors (Lipinski definition) is 2. The van der Waals surface area contributed by atoms with Crippen LogP contribution in [0.5, 0.6) is 0 Å². The average molecular weight is 254 g/mol. The van der Waals surface area contributed by atoms with E-state index in [9.17, 15) is 13.6 Å². The van der Waals surface area contributed by atoms with Crippen LogP contribution in [0.2, 0.25) is 0 Å². The van der Waals surface area contributed by atoms with E-state index in [-0.39, 0.29) is 5.56 Å². The summed E-state index contributed by atoms with van der Waals surface area (Å²) in [7, 11) is 0. The van der Waals surface area contributed by atoms with Crippen molar-refractivity contribution in [3.05, 3.63) is 35.4 Å². The molecule has 0 saturated carbocycles. The van der Waals surface area contributed by atoms with Crippen molar-refractivity contribution in [3.8, 4) is 0 Å². The number of halogens is 2. The second-order valence-electron chi connectivity index (χ2n) is 4.44. The number of rotatable bonds is 4. The van der Waals surface area contributed by atoms with Crippen molar-refractivity contribution in [1.82, 2.24) is 10.6 Å². The summed E-state index contributed by atoms with van der Waals surface area (Å²) in [6, 6.07) is 4.02. The molecule has 0 spiro atoms. The summed E-state index contributed by atoms with van der Waals surface area (Å²) in [5.41, 5.74) is -0.241. The molecule has 3 nitrogen and oxygen atoms in total. The van der Waals surface area contributed by atoms with Gasteiger partial charge in [-0.1, -0.05) is 6.07 Å². The van der Waals surface area contributed by atoms with Crippen LogP contribution in [0.4, 0.5) is 8.78 Å². The van der Waals surface area contributed by atoms with Crippen molar-refractivity contribution in [2.75, 3.05) is 13.1 Å². The summed E-state index contributed by atoms with van der Waals surface area (Å²) < 4.78 is 26.3. The van der Waals surface area contributed by atoms with E-state index in [1.54, 1.807) is 0 Å². The van der Waals surface area contributed by atoms with E-state index in [1.807, 2.05) is 0 Å². The van der Waals surface area contributed by atoms with Crippen molar-refractivity contribution in [2.45, 2.75) is 25.3 Å². The van der Waals surface area contributed by atoms with Gasteiger partial charge in [-0.05, 0) is 37.9 Å². The fraction of sp³-hybridized carbons (Fsp3) is 0.462. The van der Waals surface area contributed by atoms with Gasteiger partial charge in [-0.25, -0.2) is 8.78 Å². The van der Waals surface area contributed by atoms with Crippen LogP contribution in [-0.4, -0.2) is 25.0 Å². The van der Waals surface area contributed by atoms with E-state index in [1.165, 1.54) is 12.1 Å². The number of hydrogen-bond donors (Lipinski definition) is 2. The molecule has 1 amide bonds. The van der Waals surface area contributed by atoms with Gasteiger partial charge in [-0.2, -0.15) is 0 Å². The molecule has 98 valence electrons. The maximum absolute atomic E-state index is 13.3. The summed E-state index contributed by atoms with van der Waals surface area (Å²) >= 11 is 0. The Morgan fingerprint density at radius 2 is 2.28 bits per heavy atom. The lowest BCUT2D eigenvalue weighted by atomic mass is 10.1. The zero-order valence-electron chi connectivity index (χ0n) is 10.0. The molecule has 0 aliphatic carbocycles. The van der Waals surface area contributed by atoms with Gasteiger partial charge in [0, 0.05) is 12.6 Å². The molecule has 18 heavy (non-hydrogen) atoms. The molecule has 0 radical (unpaired) electrons. The first-order chi connectivity index (χ1) is 8.68. The molecule has 0 bridgehead atoms. The molecule has 1 fully saturated rings. The van der Waals surface area contributed by atoms with Gasteiger partial charge in [-0.3, -0.25) is 4.79 Å². The highest BCUT2D eigenvalue weighted by molar-refractivity contribution is 5.94. The molecule has 1 aromatic rings. The fourth-order valence-corrected chi connectivity index (χ4v) is 2.14. The van der Waals surface area contributed by atoms with Gasteiger partial charge in [0.15, 0.2) is 11.6 Å². The van der Waals surface area contributed by atoms with Crippen LogP contribution in [0.25, 0.3) is 0 Å². The summed E-state index contributed by atoms with van der Waals surface area (Å²) in [6.07, 6.45) is 3.06. The van der Waals surface area contributed by atoms with Crippen LogP contribution in [0.3, 0.4) is 0 Å². The zero-order valence-corrected chi connectivity index (χ0v) is 10.0. The average Bonchev–Trinajstić information content (AvgIpc) is 2.85. The van der Waals surface area contributed by atoms with Crippen LogP contribution in [-0.2, 0) is 0 Å². The summed E-state index contributed by atoms with van der Waals surface area (Å²) in [4.78, 5) is 11.7. The number of benzene rings is 1. The molecule has 2 N–H and O–H groups in total. The molecule has 1 saturated heterocycles. The molecular formula is C13H16F2N2O. The van der Waals surface area contributed by atoms with E-state index in [0.717, 1.165) is 31.9 Å². The van der Waals surface area contributed by atoms with Crippen LogP contribution in [0.15, 0.2) is 18.2 Å². The maximum Gasteiger partial charge on any atom is 0.254 e. The summed E-state index contributed by atoms with van der Waals surface area (Å²) in [6.45, 7) is 1.48. The van der Waals surface area contributed by atoms with E-state index < -0.39 is 17.5 Å². The lowest BCUT2D eigenvalue weighted by Gasteiger charge is -2.11. The highest BCUT2D eigenvalue weighted by atomic mass is 19.2. The Bertz CT molecular complexity index is 431. The molecule has 1 unspecified atom stereocenters. The zero-order chi connectivity index (χ0) is 13.0. The predicted octanol–water partition coefficient (Wildman–Crippen LogP) is 1.84. The topological polar surface area (TPSA) is 41.1 Å². The lowest BCUT2D eigenvalue weighted by Crippen LogP contribution is -2.31. The van der Waals surface area contributed by atoms with Gasteiger partial charge in [0.25, 0.3) is 5.91 Å². The second-order valence-corrected chi connectivity index (χ2v) is 4.44. The molecule has 1 atom stereocenters. The predicted molar refractivity (Wildman–Crippen MR) is 64.3 cm³/mol. The molecule has 1 aliphatic rings. The second kappa shape index (κ2) is 5.91. The normalized spacial score (nSPS) is 18.9. The minimum atomic E-state index is -1.09. The standard InChI is InChI=1S/C13H16F2N2O/c14-11-5-1-4-10(12(11)15)13(18)17-8-6-9-3-2-7-16-9/h1,4-5,9,16H,2-3,6-8H2,(H,17,18). The minimum absolute atomic E-state index is 0.241. The number of carbonyl (C=O) groups excluding carboxylic acids is 1. The Hall–Kier alpha value is -1.49. The van der Waals surface area contributed by atoms with Gasteiger partial charge in [0.05, 0.1) is 5.56 Å². The van der Waals surface area contributed by atoms with Crippen molar-refractivity contribution in [2.24, 2.45) is 0 Å². The first-order valence-corrected chi connectivity index (χ1v) is 6.14. The van der Waals surface area contributed by atoms with Crippen LogP contribution >= 0.6 is 0 Å². The molecule has 1 heterocycles. The lowest BCUT2D eigenvalue weighted by molar-refractivity contribution is 0.0947. The minimum Gasteiger partial charge on any atom is -0.352 e. The SMILES string of the molecule is O=C(NCCC1CCCN1)c1cccc(F)c1F. The smallest absolute Gasteiger partial charge is 0.254 e. The van der Waals surface area contributed by atoms with E-state index in [2.05, 4.69) is 10.6 Å². The molecule has 5 heteroatoms. The molecule has 1 aliphatic heterocycles. The third kappa shape index (κ3) is 3.04. The van der Waals surface area contributed by atoms with Crippen molar-refractivity contribution < 1.29 is 13.6 Å². The molecular weight excluding hydrogens is 238 g/mol. The van der Waals surface area contributed by atoms with Gasteiger partial charge in [0.2, 0.25) is 0 Å². The van der Waals surface area contributed by atoms with Gasteiger partial charge in [0.1, 0.15) is 0 Å². The van der Waals surface area contributed by atoms with Crippen LogP contribution in [0, 0.1) is 11.6 Å². The van der Waals surface area contributed by atoms with Crippen LogP contribution < -0.4 is 10.6 Å². The van der Waals surface area contributed by atoms with E-state index in [4.69, 9.17) is 0 Å². The van der Waals surface area contributed by atoms with E-state index >= 15 is 0 Å². The van der Waals surface area contributed by atoms with Crippen molar-refractivity contribution in [3.63, 3.8) is 0 Å². The summed E-state index contributed by atoms with van der Waals surface area (Å²) in [5.74, 6) is -2.65. The monoisotopic (exact) mass is 254 g/mol. The Labute approximate surface area is 105 Å². The van der Waals surface area contributed by atoms with Gasteiger partial charge in [-0.15, -0.1) is 0 Å². The summed E-state index contributed by atoms with van der Waals surface area (Å²) in [5, 5.41) is 5.91.